The van der Waals surface area contributed by atoms with Crippen molar-refractivity contribution in [1.82, 2.24) is 5.32 Å². The number of hydrogen-bond donors (Lipinski definition) is 2. The second-order valence-electron chi connectivity index (χ2n) is 18.5. The van der Waals surface area contributed by atoms with Gasteiger partial charge in [-0.25, -0.2) is 0 Å². The average molecular weight is 843 g/mol. The smallest absolute Gasteiger partial charge is 0.268 e. The summed E-state index contributed by atoms with van der Waals surface area (Å²) in [6, 6.07) is -0.880. The zero-order valence-electron chi connectivity index (χ0n) is 39.3. The minimum absolute atomic E-state index is 0.00224. The van der Waals surface area contributed by atoms with Crippen LogP contribution in [0.5, 0.6) is 0 Å². The van der Waals surface area contributed by atoms with E-state index in [1.54, 1.807) is 6.08 Å². The van der Waals surface area contributed by atoms with Crippen LogP contribution in [0.25, 0.3) is 0 Å². The van der Waals surface area contributed by atoms with Crippen molar-refractivity contribution < 1.29 is 32.9 Å². The zero-order valence-corrected chi connectivity index (χ0v) is 40.2. The molecule has 0 saturated carbocycles. The maximum absolute atomic E-state index is 12.9. The number of aliphatic hydroxyl groups is 1. The number of amides is 1. The van der Waals surface area contributed by atoms with Crippen LogP contribution in [0.1, 0.15) is 245 Å². The maximum Gasteiger partial charge on any atom is 0.268 e. The quantitative estimate of drug-likeness (QED) is 0.0273. The first-order chi connectivity index (χ1) is 28.0. The normalized spacial score (nSPS) is 14.3. The molecule has 0 spiro atoms. The first-order valence-corrected chi connectivity index (χ1v) is 26.5. The number of quaternary nitrogens is 1. The van der Waals surface area contributed by atoms with Gasteiger partial charge in [0, 0.05) is 6.42 Å². The molecule has 1 amide bonds. The fourth-order valence-electron chi connectivity index (χ4n) is 7.51. The van der Waals surface area contributed by atoms with Crippen molar-refractivity contribution >= 4 is 13.7 Å². The second kappa shape index (κ2) is 41.6. The highest BCUT2D eigenvalue weighted by atomic mass is 31.2. The van der Waals surface area contributed by atoms with Crippen molar-refractivity contribution in [3.8, 4) is 0 Å². The maximum atomic E-state index is 12.9. The van der Waals surface area contributed by atoms with E-state index in [-0.39, 0.29) is 19.1 Å². The van der Waals surface area contributed by atoms with Crippen molar-refractivity contribution in [3.63, 3.8) is 0 Å². The van der Waals surface area contributed by atoms with Crippen LogP contribution < -0.4 is 10.2 Å². The summed E-state index contributed by atoms with van der Waals surface area (Å²) in [7, 11) is 1.27. The van der Waals surface area contributed by atoms with Gasteiger partial charge in [0.2, 0.25) is 5.91 Å². The molecule has 58 heavy (non-hydrogen) atoms. The van der Waals surface area contributed by atoms with Gasteiger partial charge in [0.1, 0.15) is 13.2 Å². The molecule has 9 heteroatoms. The SMILES string of the molecule is CCCCCCCCCCCCCC=C[C@@H](O)[C@H](COP(=O)([O-])OCC[N+](C)(C)C)NC(=O)CCCCCCCCCCCCCCCCCCCCCCCCC. The van der Waals surface area contributed by atoms with Gasteiger partial charge in [-0.3, -0.25) is 9.36 Å². The van der Waals surface area contributed by atoms with Crippen LogP contribution in [-0.4, -0.2) is 68.5 Å². The van der Waals surface area contributed by atoms with Gasteiger partial charge in [-0.1, -0.05) is 231 Å². The Balaban J connectivity index is 4.20. The second-order valence-corrected chi connectivity index (χ2v) is 19.9. The number of rotatable bonds is 46. The summed E-state index contributed by atoms with van der Waals surface area (Å²) in [6.45, 7) is 4.67. The molecule has 8 nitrogen and oxygen atoms in total. The summed E-state index contributed by atoms with van der Waals surface area (Å²) in [4.78, 5) is 25.4. The molecule has 0 aliphatic carbocycles. The number of phosphoric ester groups is 1. The first-order valence-electron chi connectivity index (χ1n) is 25.1. The average Bonchev–Trinajstić information content (AvgIpc) is 3.17. The van der Waals surface area contributed by atoms with Gasteiger partial charge in [-0.2, -0.15) is 0 Å². The van der Waals surface area contributed by atoms with Gasteiger partial charge in [-0.15, -0.1) is 0 Å². The molecule has 1 unspecified atom stereocenters. The number of allylic oxidation sites excluding steroid dienone is 1. The molecule has 0 saturated heterocycles. The third kappa shape index (κ3) is 43.3. The van der Waals surface area contributed by atoms with E-state index in [0.29, 0.717) is 17.4 Å². The molecule has 0 fully saturated rings. The molecular weight excluding hydrogens is 744 g/mol. The predicted molar refractivity (Wildman–Crippen MR) is 247 cm³/mol. The fourth-order valence-corrected chi connectivity index (χ4v) is 8.23. The monoisotopic (exact) mass is 843 g/mol. The van der Waals surface area contributed by atoms with Crippen LogP contribution in [0, 0.1) is 0 Å². The molecule has 0 aliphatic heterocycles. The van der Waals surface area contributed by atoms with E-state index in [0.717, 1.165) is 38.5 Å². The summed E-state index contributed by atoms with van der Waals surface area (Å²) in [5.74, 6) is -0.193. The molecule has 0 bridgehead atoms. The number of likely N-dealkylation sites (N-methyl/N-ethyl adjacent to an activating group) is 1. The van der Waals surface area contributed by atoms with E-state index in [1.807, 2.05) is 27.2 Å². The summed E-state index contributed by atoms with van der Waals surface area (Å²) in [5.41, 5.74) is 0. The fraction of sp³-hybridized carbons (Fsp3) is 0.939. The lowest BCUT2D eigenvalue weighted by molar-refractivity contribution is -0.870. The lowest BCUT2D eigenvalue weighted by Gasteiger charge is -2.29. The lowest BCUT2D eigenvalue weighted by Crippen LogP contribution is -2.45. The number of carbonyl (C=O) groups is 1. The minimum atomic E-state index is -4.58. The van der Waals surface area contributed by atoms with Gasteiger partial charge in [0.15, 0.2) is 0 Å². The molecule has 0 aromatic rings. The highest BCUT2D eigenvalue weighted by Crippen LogP contribution is 2.38. The Morgan fingerprint density at radius 3 is 1.29 bits per heavy atom. The van der Waals surface area contributed by atoms with Crippen molar-refractivity contribution in [2.75, 3.05) is 40.9 Å². The Hall–Kier alpha value is -0.760. The Bertz CT molecular complexity index is 958. The predicted octanol–water partition coefficient (Wildman–Crippen LogP) is 13.7. The molecule has 2 N–H and O–H groups in total. The van der Waals surface area contributed by atoms with Crippen LogP contribution in [0.2, 0.25) is 0 Å². The van der Waals surface area contributed by atoms with Crippen LogP contribution in [0.3, 0.4) is 0 Å². The van der Waals surface area contributed by atoms with Crippen LogP contribution in [0.4, 0.5) is 0 Å². The van der Waals surface area contributed by atoms with Gasteiger partial charge in [0.25, 0.3) is 7.82 Å². The Morgan fingerprint density at radius 1 is 0.586 bits per heavy atom. The lowest BCUT2D eigenvalue weighted by atomic mass is 10.0. The summed E-state index contributed by atoms with van der Waals surface area (Å²) in [5, 5.41) is 13.8. The number of nitrogens with one attached hydrogen (secondary N) is 1. The van der Waals surface area contributed by atoms with Crippen LogP contribution >= 0.6 is 7.82 Å². The Morgan fingerprint density at radius 2 is 0.931 bits per heavy atom. The molecule has 3 atom stereocenters. The van der Waals surface area contributed by atoms with E-state index >= 15 is 0 Å². The first kappa shape index (κ1) is 57.2. The standard InChI is InChI=1S/C49H99N2O6P/c1-6-8-10-12-14-16-18-20-21-22-23-24-25-26-27-28-29-31-33-35-37-39-41-43-49(53)50-47(46-57-58(54,55)56-45-44-51(3,4)5)48(52)42-40-38-36-34-32-30-19-17-15-13-11-9-7-2/h40,42,47-48,52H,6-39,41,43-46H2,1-5H3,(H-,50,53,54,55)/t47-,48+/m0/s1. The van der Waals surface area contributed by atoms with Crippen molar-refractivity contribution in [3.05, 3.63) is 12.2 Å². The summed E-state index contributed by atoms with van der Waals surface area (Å²) in [6.07, 6.45) is 48.4. The van der Waals surface area contributed by atoms with Gasteiger partial charge < -0.3 is 28.8 Å². The Kier molecular flexibility index (Phi) is 41.0. The third-order valence-electron chi connectivity index (χ3n) is 11.5. The number of hydrogen-bond acceptors (Lipinski definition) is 6. The van der Waals surface area contributed by atoms with Crippen LogP contribution in [0.15, 0.2) is 12.2 Å². The van der Waals surface area contributed by atoms with Gasteiger partial charge in [-0.05, 0) is 19.3 Å². The topological polar surface area (TPSA) is 108 Å². The summed E-state index contributed by atoms with van der Waals surface area (Å²) >= 11 is 0. The van der Waals surface area contributed by atoms with Gasteiger partial charge >= 0.3 is 0 Å². The largest absolute Gasteiger partial charge is 0.756 e. The van der Waals surface area contributed by atoms with E-state index in [1.165, 1.54) is 186 Å². The number of unbranched alkanes of at least 4 members (excludes halogenated alkanes) is 33. The molecule has 0 heterocycles. The molecule has 0 radical (unpaired) electrons. The highest BCUT2D eigenvalue weighted by molar-refractivity contribution is 7.45. The molecular formula is C49H99N2O6P. The molecule has 0 rings (SSSR count). The van der Waals surface area contributed by atoms with E-state index in [9.17, 15) is 19.4 Å². The molecule has 0 aromatic heterocycles. The number of carbonyl (C=O) groups excluding carboxylic acids is 1. The summed E-state index contributed by atoms with van der Waals surface area (Å²) < 4.78 is 23.2. The number of aliphatic hydroxyl groups excluding tert-OH is 1. The van der Waals surface area contributed by atoms with Gasteiger partial charge in [0.05, 0.1) is 39.9 Å². The number of phosphoric acid groups is 1. The van der Waals surface area contributed by atoms with E-state index in [4.69, 9.17) is 9.05 Å². The van der Waals surface area contributed by atoms with E-state index < -0.39 is 20.0 Å². The molecule has 0 aliphatic rings. The van der Waals surface area contributed by atoms with Crippen molar-refractivity contribution in [2.24, 2.45) is 0 Å². The molecule has 346 valence electrons. The van der Waals surface area contributed by atoms with E-state index in [2.05, 4.69) is 19.2 Å². The highest BCUT2D eigenvalue weighted by Gasteiger charge is 2.23. The Labute approximate surface area is 361 Å². The number of nitrogens with zero attached hydrogens (tertiary/aromatic N) is 1. The minimum Gasteiger partial charge on any atom is -0.756 e. The third-order valence-corrected chi connectivity index (χ3v) is 12.5. The zero-order chi connectivity index (χ0) is 42.8. The van der Waals surface area contributed by atoms with Crippen molar-refractivity contribution in [1.29, 1.82) is 0 Å². The molecule has 0 aromatic carbocycles. The van der Waals surface area contributed by atoms with Crippen LogP contribution in [-0.2, 0) is 18.4 Å². The van der Waals surface area contributed by atoms with Crippen molar-refractivity contribution in [2.45, 2.75) is 257 Å².